The molecule has 0 aromatic carbocycles. The van der Waals surface area contributed by atoms with Gasteiger partial charge in [-0.15, -0.1) is 0 Å². The van der Waals surface area contributed by atoms with Gasteiger partial charge in [-0.1, -0.05) is 0 Å². The fourth-order valence-electron chi connectivity index (χ4n) is 1.81. The molecular formula is C10H20N2O3. The monoisotopic (exact) mass is 216 g/mol. The summed E-state index contributed by atoms with van der Waals surface area (Å²) in [5, 5.41) is 8.76. The number of likely N-dealkylation sites (tertiary alicyclic amines) is 1. The van der Waals surface area contributed by atoms with E-state index in [1.54, 1.807) is 0 Å². The van der Waals surface area contributed by atoms with Crippen LogP contribution < -0.4 is 5.73 Å². The minimum atomic E-state index is -0.830. The molecule has 0 spiro atoms. The Balaban J connectivity index is 2.22. The average Bonchev–Trinajstić information content (AvgIpc) is 2.18. The zero-order valence-corrected chi connectivity index (χ0v) is 9.19. The Morgan fingerprint density at radius 1 is 1.60 bits per heavy atom. The van der Waals surface area contributed by atoms with Crippen molar-refractivity contribution in [1.82, 2.24) is 4.90 Å². The maximum Gasteiger partial charge on any atom is 0.407 e. The molecule has 0 unspecified atom stereocenters. The fraction of sp³-hybridized carbons (Fsp3) is 0.900. The Bertz CT molecular complexity index is 203. The summed E-state index contributed by atoms with van der Waals surface area (Å²) in [5.41, 5.74) is 5.43. The Hall–Kier alpha value is -0.810. The first-order valence-electron chi connectivity index (χ1n) is 5.47. The standard InChI is InChI=1S/C10H20N2O3/c1-8(2-5-11)15-9-3-6-12(7-4-9)10(13)14/h8-9H,2-7,11H2,1H3,(H,13,14)/t8-/m1/s1. The van der Waals surface area contributed by atoms with Crippen LogP contribution in [0.25, 0.3) is 0 Å². The van der Waals surface area contributed by atoms with E-state index >= 15 is 0 Å². The van der Waals surface area contributed by atoms with E-state index in [4.69, 9.17) is 15.6 Å². The van der Waals surface area contributed by atoms with Crippen LogP contribution in [0.15, 0.2) is 0 Å². The maximum absolute atomic E-state index is 10.7. The lowest BCUT2D eigenvalue weighted by Crippen LogP contribution is -2.41. The van der Waals surface area contributed by atoms with Crippen LogP contribution >= 0.6 is 0 Å². The SMILES string of the molecule is C[C@H](CCN)OC1CCN(C(=O)O)CC1. The summed E-state index contributed by atoms with van der Waals surface area (Å²) >= 11 is 0. The molecule has 15 heavy (non-hydrogen) atoms. The van der Waals surface area contributed by atoms with Gasteiger partial charge in [0.25, 0.3) is 0 Å². The molecule has 0 aliphatic carbocycles. The van der Waals surface area contributed by atoms with Crippen LogP contribution in [0.4, 0.5) is 4.79 Å². The van der Waals surface area contributed by atoms with Crippen molar-refractivity contribution in [3.8, 4) is 0 Å². The third kappa shape index (κ3) is 4.05. The van der Waals surface area contributed by atoms with Crippen molar-refractivity contribution in [3.05, 3.63) is 0 Å². The zero-order chi connectivity index (χ0) is 11.3. The van der Waals surface area contributed by atoms with E-state index in [9.17, 15) is 4.79 Å². The van der Waals surface area contributed by atoms with E-state index in [1.807, 2.05) is 6.92 Å². The molecule has 0 aromatic rings. The maximum atomic E-state index is 10.7. The van der Waals surface area contributed by atoms with Crippen molar-refractivity contribution < 1.29 is 14.6 Å². The van der Waals surface area contributed by atoms with Gasteiger partial charge < -0.3 is 20.5 Å². The second-order valence-corrected chi connectivity index (χ2v) is 3.99. The molecule has 1 fully saturated rings. The summed E-state index contributed by atoms with van der Waals surface area (Å²) in [6, 6.07) is 0. The molecule has 1 saturated heterocycles. The van der Waals surface area contributed by atoms with Gasteiger partial charge in [0.2, 0.25) is 0 Å². The van der Waals surface area contributed by atoms with Gasteiger partial charge in [0, 0.05) is 13.1 Å². The molecule has 88 valence electrons. The highest BCUT2D eigenvalue weighted by molar-refractivity contribution is 5.64. The average molecular weight is 216 g/mol. The highest BCUT2D eigenvalue weighted by Crippen LogP contribution is 2.16. The number of amides is 1. The number of piperidine rings is 1. The van der Waals surface area contributed by atoms with Crippen molar-refractivity contribution in [3.63, 3.8) is 0 Å². The van der Waals surface area contributed by atoms with E-state index in [0.717, 1.165) is 19.3 Å². The summed E-state index contributed by atoms with van der Waals surface area (Å²) < 4.78 is 5.76. The summed E-state index contributed by atoms with van der Waals surface area (Å²) in [4.78, 5) is 12.1. The lowest BCUT2D eigenvalue weighted by molar-refractivity contribution is -0.0335. The van der Waals surface area contributed by atoms with Crippen molar-refractivity contribution >= 4 is 6.09 Å². The number of hydrogen-bond donors (Lipinski definition) is 2. The van der Waals surface area contributed by atoms with Gasteiger partial charge in [-0.3, -0.25) is 0 Å². The van der Waals surface area contributed by atoms with E-state index in [2.05, 4.69) is 0 Å². The van der Waals surface area contributed by atoms with Crippen LogP contribution in [0.5, 0.6) is 0 Å². The molecule has 5 heteroatoms. The molecule has 1 aliphatic heterocycles. The summed E-state index contributed by atoms with van der Waals surface area (Å²) in [7, 11) is 0. The van der Waals surface area contributed by atoms with Crippen molar-refractivity contribution in [2.75, 3.05) is 19.6 Å². The van der Waals surface area contributed by atoms with Gasteiger partial charge in [-0.05, 0) is 32.7 Å². The predicted molar refractivity (Wildman–Crippen MR) is 56.8 cm³/mol. The number of ether oxygens (including phenoxy) is 1. The quantitative estimate of drug-likeness (QED) is 0.731. The second-order valence-electron chi connectivity index (χ2n) is 3.99. The Morgan fingerprint density at radius 3 is 2.67 bits per heavy atom. The number of carboxylic acid groups (broad SMARTS) is 1. The fourth-order valence-corrected chi connectivity index (χ4v) is 1.81. The number of carbonyl (C=O) groups is 1. The number of rotatable bonds is 4. The lowest BCUT2D eigenvalue weighted by Gasteiger charge is -2.31. The third-order valence-corrected chi connectivity index (χ3v) is 2.71. The summed E-state index contributed by atoms with van der Waals surface area (Å²) in [6.07, 6.45) is 1.99. The topological polar surface area (TPSA) is 75.8 Å². The van der Waals surface area contributed by atoms with E-state index in [1.165, 1.54) is 4.90 Å². The molecule has 0 bridgehead atoms. The smallest absolute Gasteiger partial charge is 0.407 e. The van der Waals surface area contributed by atoms with E-state index in [-0.39, 0.29) is 12.2 Å². The van der Waals surface area contributed by atoms with Gasteiger partial charge in [-0.25, -0.2) is 4.79 Å². The van der Waals surface area contributed by atoms with Gasteiger partial charge >= 0.3 is 6.09 Å². The van der Waals surface area contributed by atoms with Gasteiger partial charge in [0.05, 0.1) is 12.2 Å². The molecule has 0 saturated carbocycles. The van der Waals surface area contributed by atoms with Crippen LogP contribution in [0.2, 0.25) is 0 Å². The van der Waals surface area contributed by atoms with Gasteiger partial charge in [0.1, 0.15) is 0 Å². The van der Waals surface area contributed by atoms with Crippen LogP contribution in [0.3, 0.4) is 0 Å². The van der Waals surface area contributed by atoms with Crippen molar-refractivity contribution in [2.45, 2.75) is 38.4 Å². The zero-order valence-electron chi connectivity index (χ0n) is 9.19. The molecule has 5 nitrogen and oxygen atoms in total. The lowest BCUT2D eigenvalue weighted by atomic mass is 10.1. The van der Waals surface area contributed by atoms with Crippen LogP contribution in [-0.2, 0) is 4.74 Å². The first-order chi connectivity index (χ1) is 7.13. The molecule has 1 aliphatic rings. The van der Waals surface area contributed by atoms with E-state index in [0.29, 0.717) is 19.6 Å². The van der Waals surface area contributed by atoms with Crippen LogP contribution in [0.1, 0.15) is 26.2 Å². The minimum Gasteiger partial charge on any atom is -0.465 e. The van der Waals surface area contributed by atoms with Crippen molar-refractivity contribution in [1.29, 1.82) is 0 Å². The predicted octanol–water partition coefficient (Wildman–Crippen LogP) is 0.883. The Morgan fingerprint density at radius 2 is 2.20 bits per heavy atom. The summed E-state index contributed by atoms with van der Waals surface area (Å²) in [5.74, 6) is 0. The number of hydrogen-bond acceptors (Lipinski definition) is 3. The molecule has 1 atom stereocenters. The highest BCUT2D eigenvalue weighted by atomic mass is 16.5. The molecule has 1 rings (SSSR count). The first kappa shape index (κ1) is 12.3. The first-order valence-corrected chi connectivity index (χ1v) is 5.47. The molecule has 3 N–H and O–H groups in total. The molecule has 0 aromatic heterocycles. The molecule has 0 radical (unpaired) electrons. The normalized spacial score (nSPS) is 20.3. The Labute approximate surface area is 90.2 Å². The number of nitrogens with zero attached hydrogens (tertiary/aromatic N) is 1. The molecule has 1 amide bonds. The summed E-state index contributed by atoms with van der Waals surface area (Å²) in [6.45, 7) is 3.80. The van der Waals surface area contributed by atoms with E-state index < -0.39 is 6.09 Å². The third-order valence-electron chi connectivity index (χ3n) is 2.71. The minimum absolute atomic E-state index is 0.177. The number of nitrogens with two attached hydrogens (primary N) is 1. The van der Waals surface area contributed by atoms with Crippen LogP contribution in [-0.4, -0.2) is 47.9 Å². The molecule has 1 heterocycles. The Kier molecular flexibility index (Phi) is 4.84. The van der Waals surface area contributed by atoms with Gasteiger partial charge in [0.15, 0.2) is 0 Å². The second kappa shape index (κ2) is 5.92. The highest BCUT2D eigenvalue weighted by Gasteiger charge is 2.23. The largest absolute Gasteiger partial charge is 0.465 e. The molecular weight excluding hydrogens is 196 g/mol. The van der Waals surface area contributed by atoms with Gasteiger partial charge in [-0.2, -0.15) is 0 Å². The van der Waals surface area contributed by atoms with Crippen LogP contribution in [0, 0.1) is 0 Å². The van der Waals surface area contributed by atoms with Crippen molar-refractivity contribution in [2.24, 2.45) is 5.73 Å².